The van der Waals surface area contributed by atoms with Gasteiger partial charge >= 0.3 is 0 Å². The number of hydrogen-bond donors (Lipinski definition) is 0. The van der Waals surface area contributed by atoms with E-state index >= 15 is 0 Å². The van der Waals surface area contributed by atoms with Crippen LogP contribution in [-0.2, 0) is 11.8 Å². The van der Waals surface area contributed by atoms with Crippen LogP contribution < -0.4 is 0 Å². The molecule has 0 radical (unpaired) electrons. The van der Waals surface area contributed by atoms with Gasteiger partial charge in [0.05, 0.1) is 10.6 Å². The van der Waals surface area contributed by atoms with Gasteiger partial charge in [-0.05, 0) is 18.2 Å². The van der Waals surface area contributed by atoms with E-state index in [4.69, 9.17) is 12.2 Å². The van der Waals surface area contributed by atoms with Crippen molar-refractivity contribution in [3.8, 4) is 11.3 Å². The minimum absolute atomic E-state index is 0.0931. The van der Waals surface area contributed by atoms with Crippen LogP contribution in [-0.4, -0.2) is 36.4 Å². The monoisotopic (exact) mass is 342 g/mol. The number of nitrogens with zero attached hydrogens (tertiary/aromatic N) is 4. The number of carbonyl (C=O) groups excluding carboxylic acids is 1. The van der Waals surface area contributed by atoms with E-state index in [0.29, 0.717) is 15.8 Å². The predicted octanol–water partition coefficient (Wildman–Crippen LogP) is 2.87. The van der Waals surface area contributed by atoms with E-state index in [9.17, 15) is 4.79 Å². The maximum atomic E-state index is 12.4. The van der Waals surface area contributed by atoms with Crippen molar-refractivity contribution in [2.24, 2.45) is 7.05 Å². The van der Waals surface area contributed by atoms with Gasteiger partial charge in [-0.15, -0.1) is 6.58 Å². The molecule has 1 aliphatic heterocycles. The van der Waals surface area contributed by atoms with E-state index < -0.39 is 0 Å². The summed E-state index contributed by atoms with van der Waals surface area (Å²) in [5.74, 6) is -0.0931. The second kappa shape index (κ2) is 6.47. The lowest BCUT2D eigenvalue weighted by Crippen LogP contribution is -2.27. The Kier molecular flexibility index (Phi) is 4.40. The zero-order valence-corrected chi connectivity index (χ0v) is 14.1. The lowest BCUT2D eigenvalue weighted by Gasteiger charge is -2.10. The van der Waals surface area contributed by atoms with Crippen molar-refractivity contribution in [1.29, 1.82) is 0 Å². The molecule has 7 heteroatoms. The van der Waals surface area contributed by atoms with Crippen molar-refractivity contribution in [1.82, 2.24) is 19.7 Å². The van der Waals surface area contributed by atoms with Crippen molar-refractivity contribution in [3.05, 3.63) is 53.8 Å². The van der Waals surface area contributed by atoms with Crippen molar-refractivity contribution in [3.63, 3.8) is 0 Å². The van der Waals surface area contributed by atoms with Gasteiger partial charge < -0.3 is 0 Å². The third-order valence-corrected chi connectivity index (χ3v) is 4.66. The minimum Gasteiger partial charge on any atom is -0.289 e. The van der Waals surface area contributed by atoms with E-state index in [1.807, 2.05) is 31.5 Å². The Balaban J connectivity index is 1.99. The van der Waals surface area contributed by atoms with Gasteiger partial charge in [0.1, 0.15) is 4.32 Å². The van der Waals surface area contributed by atoms with Gasteiger partial charge in [-0.25, -0.2) is 0 Å². The zero-order chi connectivity index (χ0) is 16.4. The first-order chi connectivity index (χ1) is 11.1. The summed E-state index contributed by atoms with van der Waals surface area (Å²) >= 11 is 6.56. The number of pyridine rings is 1. The van der Waals surface area contributed by atoms with Crippen LogP contribution in [0.4, 0.5) is 0 Å². The first-order valence-corrected chi connectivity index (χ1v) is 8.13. The number of rotatable bonds is 4. The first kappa shape index (κ1) is 15.6. The molecule has 0 bridgehead atoms. The summed E-state index contributed by atoms with van der Waals surface area (Å²) in [6.45, 7) is 4.08. The molecule has 3 rings (SSSR count). The van der Waals surface area contributed by atoms with Crippen molar-refractivity contribution < 1.29 is 4.79 Å². The van der Waals surface area contributed by atoms with Crippen molar-refractivity contribution in [2.75, 3.05) is 6.54 Å². The summed E-state index contributed by atoms with van der Waals surface area (Å²) < 4.78 is 2.28. The molecule has 3 heterocycles. The molecule has 1 fully saturated rings. The van der Waals surface area contributed by atoms with Gasteiger partial charge in [0.25, 0.3) is 5.91 Å². The number of thioether (sulfide) groups is 1. The molecule has 0 unspecified atom stereocenters. The highest BCUT2D eigenvalue weighted by Crippen LogP contribution is 2.34. The molecule has 1 amide bonds. The third-order valence-electron chi connectivity index (χ3n) is 3.28. The van der Waals surface area contributed by atoms with Crippen molar-refractivity contribution in [2.45, 2.75) is 0 Å². The molecular formula is C16H14N4OS2. The standard InChI is InChI=1S/C16H14N4OS2/c1-3-8-20-15(21)13(23-16(20)22)9-12-10-19(2)18-14(12)11-4-6-17-7-5-11/h3-7,9-10H,1,8H2,2H3/b13-9-. The van der Waals surface area contributed by atoms with Crippen molar-refractivity contribution >= 4 is 40.3 Å². The normalized spacial score (nSPS) is 16.4. The number of thiocarbonyl (C=S) groups is 1. The molecule has 0 aromatic carbocycles. The Morgan fingerprint density at radius 1 is 1.39 bits per heavy atom. The molecule has 2 aromatic rings. The van der Waals surface area contributed by atoms with E-state index in [1.54, 1.807) is 28.1 Å². The highest BCUT2D eigenvalue weighted by Gasteiger charge is 2.31. The average molecular weight is 342 g/mol. The van der Waals surface area contributed by atoms with Gasteiger partial charge in [-0.2, -0.15) is 5.10 Å². The highest BCUT2D eigenvalue weighted by atomic mass is 32.2. The topological polar surface area (TPSA) is 51.0 Å². The SMILES string of the molecule is C=CCN1C(=O)/C(=C/c2cn(C)nc2-c2ccncc2)SC1=S. The summed E-state index contributed by atoms with van der Waals surface area (Å²) in [7, 11) is 1.85. The van der Waals surface area contributed by atoms with Gasteiger partial charge in [0, 0.05) is 43.3 Å². The molecule has 116 valence electrons. The summed E-state index contributed by atoms with van der Waals surface area (Å²) in [6.07, 6.45) is 8.83. The first-order valence-electron chi connectivity index (χ1n) is 6.90. The zero-order valence-electron chi connectivity index (χ0n) is 12.5. The fourth-order valence-corrected chi connectivity index (χ4v) is 3.54. The van der Waals surface area contributed by atoms with Gasteiger partial charge in [0.15, 0.2) is 0 Å². The van der Waals surface area contributed by atoms with Crippen LogP contribution in [0.1, 0.15) is 5.56 Å². The number of amides is 1. The molecule has 1 aliphatic rings. The lowest BCUT2D eigenvalue weighted by atomic mass is 10.1. The van der Waals surface area contributed by atoms with E-state index in [0.717, 1.165) is 16.8 Å². The van der Waals surface area contributed by atoms with Crippen LogP contribution in [0.15, 0.2) is 48.3 Å². The average Bonchev–Trinajstić information content (AvgIpc) is 3.03. The van der Waals surface area contributed by atoms with Gasteiger partial charge in [0.2, 0.25) is 0 Å². The molecule has 1 saturated heterocycles. The van der Waals surface area contributed by atoms with Crippen LogP contribution in [0.3, 0.4) is 0 Å². The summed E-state index contributed by atoms with van der Waals surface area (Å²) in [5.41, 5.74) is 2.63. The fourth-order valence-electron chi connectivity index (χ4n) is 2.27. The Morgan fingerprint density at radius 2 is 2.13 bits per heavy atom. The molecule has 0 aliphatic carbocycles. The van der Waals surface area contributed by atoms with Crippen LogP contribution >= 0.6 is 24.0 Å². The quantitative estimate of drug-likeness (QED) is 0.486. The molecule has 0 spiro atoms. The Bertz CT molecular complexity index is 811. The second-order valence-electron chi connectivity index (χ2n) is 4.92. The second-order valence-corrected chi connectivity index (χ2v) is 6.60. The summed E-state index contributed by atoms with van der Waals surface area (Å²) in [5, 5.41) is 4.48. The fraction of sp³-hybridized carbons (Fsp3) is 0.125. The Labute approximate surface area is 143 Å². The highest BCUT2D eigenvalue weighted by molar-refractivity contribution is 8.26. The molecule has 23 heavy (non-hydrogen) atoms. The largest absolute Gasteiger partial charge is 0.289 e. The molecule has 2 aromatic heterocycles. The smallest absolute Gasteiger partial charge is 0.266 e. The van der Waals surface area contributed by atoms with Gasteiger partial charge in [-0.3, -0.25) is 19.4 Å². The Morgan fingerprint density at radius 3 is 2.83 bits per heavy atom. The predicted molar refractivity (Wildman–Crippen MR) is 96.5 cm³/mol. The molecule has 0 N–H and O–H groups in total. The Hall–Kier alpha value is -2.25. The molecule has 0 saturated carbocycles. The molecule has 5 nitrogen and oxygen atoms in total. The number of aryl methyl sites for hydroxylation is 1. The third kappa shape index (κ3) is 3.11. The van der Waals surface area contributed by atoms with E-state index in [1.165, 1.54) is 11.8 Å². The van der Waals surface area contributed by atoms with Gasteiger partial charge in [-0.1, -0.05) is 30.1 Å². The molecular weight excluding hydrogens is 328 g/mol. The molecule has 0 atom stereocenters. The van der Waals surface area contributed by atoms with E-state index in [-0.39, 0.29) is 5.91 Å². The van der Waals surface area contributed by atoms with Crippen LogP contribution in [0.5, 0.6) is 0 Å². The van der Waals surface area contributed by atoms with Crippen LogP contribution in [0, 0.1) is 0 Å². The van der Waals surface area contributed by atoms with Crippen LogP contribution in [0.2, 0.25) is 0 Å². The minimum atomic E-state index is -0.0931. The summed E-state index contributed by atoms with van der Waals surface area (Å²) in [4.78, 5) is 18.6. The summed E-state index contributed by atoms with van der Waals surface area (Å²) in [6, 6.07) is 3.78. The lowest BCUT2D eigenvalue weighted by molar-refractivity contribution is -0.121. The maximum Gasteiger partial charge on any atom is 0.266 e. The number of carbonyl (C=O) groups is 1. The number of aromatic nitrogens is 3. The van der Waals surface area contributed by atoms with E-state index in [2.05, 4.69) is 16.7 Å². The maximum absolute atomic E-state index is 12.4. The number of hydrogen-bond acceptors (Lipinski definition) is 5. The van der Waals surface area contributed by atoms with Crippen LogP contribution in [0.25, 0.3) is 17.3 Å².